The van der Waals surface area contributed by atoms with Gasteiger partial charge < -0.3 is 9.53 Å². The van der Waals surface area contributed by atoms with E-state index in [-0.39, 0.29) is 12.0 Å². The second-order valence-electron chi connectivity index (χ2n) is 3.90. The van der Waals surface area contributed by atoms with Crippen LogP contribution in [0.5, 0.6) is 0 Å². The van der Waals surface area contributed by atoms with Crippen LogP contribution >= 0.6 is 0 Å². The summed E-state index contributed by atoms with van der Waals surface area (Å²) < 4.78 is 5.29. The Morgan fingerprint density at radius 1 is 1.38 bits per heavy atom. The zero-order chi connectivity index (χ0) is 10.3. The lowest BCUT2D eigenvalue weighted by Gasteiger charge is -2.21. The van der Waals surface area contributed by atoms with Crippen molar-refractivity contribution < 1.29 is 9.53 Å². The van der Waals surface area contributed by atoms with Crippen LogP contribution in [0.25, 0.3) is 0 Å². The van der Waals surface area contributed by atoms with Crippen molar-refractivity contribution >= 4 is 6.29 Å². The van der Waals surface area contributed by atoms with Crippen molar-refractivity contribution in [3.8, 4) is 0 Å². The van der Waals surface area contributed by atoms with Crippen molar-refractivity contribution in [2.45, 2.75) is 46.1 Å². The Kier molecular flexibility index (Phi) is 6.87. The summed E-state index contributed by atoms with van der Waals surface area (Å²) in [6.07, 6.45) is 4.48. The first-order valence-electron chi connectivity index (χ1n) is 5.13. The van der Waals surface area contributed by atoms with Crippen LogP contribution in [0.1, 0.15) is 40.0 Å². The molecule has 0 aromatic carbocycles. The van der Waals surface area contributed by atoms with Crippen LogP contribution in [0.4, 0.5) is 0 Å². The van der Waals surface area contributed by atoms with Gasteiger partial charge in [-0.3, -0.25) is 0 Å². The summed E-state index contributed by atoms with van der Waals surface area (Å²) in [6.45, 7) is 6.31. The van der Waals surface area contributed by atoms with E-state index < -0.39 is 0 Å². The normalized spacial score (nSPS) is 17.8. The van der Waals surface area contributed by atoms with Gasteiger partial charge in [0.05, 0.1) is 6.10 Å². The second-order valence-corrected chi connectivity index (χ2v) is 3.90. The van der Waals surface area contributed by atoms with E-state index in [1.165, 1.54) is 12.8 Å². The van der Waals surface area contributed by atoms with Crippen molar-refractivity contribution in [1.82, 2.24) is 0 Å². The average molecular weight is 186 g/mol. The predicted octanol–water partition coefficient (Wildman–Crippen LogP) is 2.66. The molecule has 0 N–H and O–H groups in total. The molecule has 3 atom stereocenters. The fourth-order valence-corrected chi connectivity index (χ4v) is 1.62. The maximum Gasteiger partial charge on any atom is 0.125 e. The second kappa shape index (κ2) is 7.07. The summed E-state index contributed by atoms with van der Waals surface area (Å²) in [6, 6.07) is 0. The molecular formula is C11H22O2. The molecule has 0 rings (SSSR count). The van der Waals surface area contributed by atoms with Gasteiger partial charge in [0.1, 0.15) is 6.29 Å². The van der Waals surface area contributed by atoms with Gasteiger partial charge in [0.15, 0.2) is 0 Å². The molecular weight excluding hydrogens is 164 g/mol. The smallest absolute Gasteiger partial charge is 0.125 e. The first-order valence-corrected chi connectivity index (χ1v) is 5.13. The fourth-order valence-electron chi connectivity index (χ4n) is 1.62. The molecule has 0 saturated heterocycles. The van der Waals surface area contributed by atoms with Gasteiger partial charge in [-0.05, 0) is 12.3 Å². The van der Waals surface area contributed by atoms with Crippen LogP contribution in [-0.2, 0) is 9.53 Å². The third-order valence-corrected chi connectivity index (χ3v) is 2.52. The van der Waals surface area contributed by atoms with E-state index in [1.807, 2.05) is 6.92 Å². The molecule has 78 valence electrons. The van der Waals surface area contributed by atoms with Crippen LogP contribution in [0.15, 0.2) is 0 Å². The van der Waals surface area contributed by atoms with Crippen molar-refractivity contribution in [3.05, 3.63) is 0 Å². The van der Waals surface area contributed by atoms with Crippen molar-refractivity contribution in [2.24, 2.45) is 11.8 Å². The maximum absolute atomic E-state index is 10.6. The van der Waals surface area contributed by atoms with Gasteiger partial charge in [0.2, 0.25) is 0 Å². The Balaban J connectivity index is 3.88. The molecule has 0 aromatic heterocycles. The highest BCUT2D eigenvalue weighted by atomic mass is 16.5. The molecule has 0 aromatic rings. The monoisotopic (exact) mass is 186 g/mol. The fraction of sp³-hybridized carbons (Fsp3) is 0.909. The molecule has 13 heavy (non-hydrogen) atoms. The molecule has 2 nitrogen and oxygen atoms in total. The van der Waals surface area contributed by atoms with E-state index in [4.69, 9.17) is 4.74 Å². The molecule has 0 heterocycles. The summed E-state index contributed by atoms with van der Waals surface area (Å²) >= 11 is 0. The Bertz CT molecular complexity index is 134. The number of hydrogen-bond acceptors (Lipinski definition) is 2. The third-order valence-electron chi connectivity index (χ3n) is 2.52. The van der Waals surface area contributed by atoms with E-state index in [9.17, 15) is 4.79 Å². The number of aldehydes is 1. The molecule has 0 aliphatic heterocycles. The number of methoxy groups -OCH3 is 1. The summed E-state index contributed by atoms with van der Waals surface area (Å²) in [5, 5.41) is 0. The lowest BCUT2D eigenvalue weighted by molar-refractivity contribution is -0.114. The van der Waals surface area contributed by atoms with Crippen molar-refractivity contribution in [3.63, 3.8) is 0 Å². The highest BCUT2D eigenvalue weighted by Crippen LogP contribution is 2.18. The van der Waals surface area contributed by atoms with Crippen LogP contribution < -0.4 is 0 Å². The van der Waals surface area contributed by atoms with Gasteiger partial charge in [0.25, 0.3) is 0 Å². The molecule has 0 fully saturated rings. The van der Waals surface area contributed by atoms with Crippen LogP contribution in [0, 0.1) is 11.8 Å². The summed E-state index contributed by atoms with van der Waals surface area (Å²) in [4.78, 5) is 10.6. The van der Waals surface area contributed by atoms with Gasteiger partial charge in [-0.1, -0.05) is 33.6 Å². The Morgan fingerprint density at radius 2 is 2.00 bits per heavy atom. The molecule has 0 amide bonds. The predicted molar refractivity (Wildman–Crippen MR) is 54.7 cm³/mol. The molecule has 0 aliphatic rings. The van der Waals surface area contributed by atoms with Gasteiger partial charge in [-0.25, -0.2) is 0 Å². The SMILES string of the molecule is CCCC(C)CC(OC)C(C)C=O. The zero-order valence-electron chi connectivity index (χ0n) is 9.25. The lowest BCUT2D eigenvalue weighted by atomic mass is 9.93. The molecule has 0 aliphatic carbocycles. The zero-order valence-corrected chi connectivity index (χ0v) is 9.25. The minimum atomic E-state index is 0.0179. The Labute approximate surface area is 81.7 Å². The number of carbonyl (C=O) groups is 1. The topological polar surface area (TPSA) is 26.3 Å². The van der Waals surface area contributed by atoms with E-state index in [0.29, 0.717) is 5.92 Å². The third kappa shape index (κ3) is 5.04. The largest absolute Gasteiger partial charge is 0.381 e. The number of carbonyl (C=O) groups excluding carboxylic acids is 1. The van der Waals surface area contributed by atoms with Gasteiger partial charge in [0, 0.05) is 13.0 Å². The van der Waals surface area contributed by atoms with Crippen molar-refractivity contribution in [1.29, 1.82) is 0 Å². The van der Waals surface area contributed by atoms with Crippen LogP contribution in [0.3, 0.4) is 0 Å². The number of rotatable bonds is 7. The first-order chi connectivity index (χ1) is 6.15. The maximum atomic E-state index is 10.6. The lowest BCUT2D eigenvalue weighted by Crippen LogP contribution is -2.24. The number of hydrogen-bond donors (Lipinski definition) is 0. The quantitative estimate of drug-likeness (QED) is 0.571. The molecule has 3 unspecified atom stereocenters. The summed E-state index contributed by atoms with van der Waals surface area (Å²) in [5.41, 5.74) is 0. The first kappa shape index (κ1) is 12.6. The molecule has 0 radical (unpaired) electrons. The van der Waals surface area contributed by atoms with Crippen molar-refractivity contribution in [2.75, 3.05) is 7.11 Å². The Morgan fingerprint density at radius 3 is 2.38 bits per heavy atom. The van der Waals surface area contributed by atoms with Crippen LogP contribution in [-0.4, -0.2) is 19.5 Å². The van der Waals surface area contributed by atoms with E-state index in [2.05, 4.69) is 13.8 Å². The van der Waals surface area contributed by atoms with E-state index >= 15 is 0 Å². The number of ether oxygens (including phenoxy) is 1. The van der Waals surface area contributed by atoms with Crippen LogP contribution in [0.2, 0.25) is 0 Å². The van der Waals surface area contributed by atoms with Gasteiger partial charge >= 0.3 is 0 Å². The van der Waals surface area contributed by atoms with E-state index in [0.717, 1.165) is 12.7 Å². The minimum Gasteiger partial charge on any atom is -0.381 e. The Hall–Kier alpha value is -0.370. The highest BCUT2D eigenvalue weighted by molar-refractivity contribution is 5.53. The van der Waals surface area contributed by atoms with Gasteiger partial charge in [-0.15, -0.1) is 0 Å². The average Bonchev–Trinajstić information content (AvgIpc) is 2.13. The van der Waals surface area contributed by atoms with E-state index in [1.54, 1.807) is 7.11 Å². The summed E-state index contributed by atoms with van der Waals surface area (Å²) in [5.74, 6) is 0.668. The minimum absolute atomic E-state index is 0.0179. The molecule has 2 heteroatoms. The standard InChI is InChI=1S/C11H22O2/c1-5-6-9(2)7-11(13-4)10(3)8-12/h8-11H,5-7H2,1-4H3. The summed E-state index contributed by atoms with van der Waals surface area (Å²) in [7, 11) is 1.68. The molecule has 0 bridgehead atoms. The molecule has 0 spiro atoms. The van der Waals surface area contributed by atoms with Gasteiger partial charge in [-0.2, -0.15) is 0 Å². The highest BCUT2D eigenvalue weighted by Gasteiger charge is 2.18. The molecule has 0 saturated carbocycles.